The topological polar surface area (TPSA) is 56.7 Å². The van der Waals surface area contributed by atoms with E-state index in [9.17, 15) is 0 Å². The lowest BCUT2D eigenvalue weighted by molar-refractivity contribution is 0.671. The van der Waals surface area contributed by atoms with E-state index >= 15 is 0 Å². The van der Waals surface area contributed by atoms with E-state index in [2.05, 4.69) is 211 Å². The van der Waals surface area contributed by atoms with Crippen molar-refractivity contribution in [2.24, 2.45) is 0 Å². The molecule has 3 heterocycles. The van der Waals surface area contributed by atoms with E-state index in [0.717, 1.165) is 88.6 Å². The lowest BCUT2D eigenvalue weighted by Crippen LogP contribution is -2.00. The molecule has 12 rings (SSSR count). The zero-order chi connectivity index (χ0) is 41.0. The summed E-state index contributed by atoms with van der Waals surface area (Å²) in [6.07, 6.45) is 0. The molecule has 0 aliphatic carbocycles. The second-order valence-electron chi connectivity index (χ2n) is 15.6. The molecule has 0 spiro atoms. The maximum Gasteiger partial charge on any atom is 0.167 e. The zero-order valence-corrected chi connectivity index (χ0v) is 33.5. The van der Waals surface area contributed by atoms with Crippen molar-refractivity contribution in [3.05, 3.63) is 218 Å². The summed E-state index contributed by atoms with van der Waals surface area (Å²) >= 11 is 0. The molecule has 0 saturated carbocycles. The highest BCUT2D eigenvalue weighted by Gasteiger charge is 2.22. The third-order valence-corrected chi connectivity index (χ3v) is 11.9. The van der Waals surface area contributed by atoms with Gasteiger partial charge in [-0.15, -0.1) is 0 Å². The standard InChI is InChI=1S/C57H36N4O/c1-4-14-37(15-5-1)40-26-30-42(31-27-40)55-58-56(43-32-28-41(29-33-43)38-16-6-2-7-17-38)60-57(59-55)50-24-13-23-48-49-35-34-47-46-22-10-11-25-51(46)61(52(47)54(49)62-53(48)50)45-21-12-20-44(36-45)39-18-8-3-9-19-39/h1-36H. The molecular weight excluding hydrogens is 757 g/mol. The summed E-state index contributed by atoms with van der Waals surface area (Å²) in [5.41, 5.74) is 14.2. The maximum atomic E-state index is 7.16. The van der Waals surface area contributed by atoms with Crippen molar-refractivity contribution in [2.75, 3.05) is 0 Å². The number of hydrogen-bond acceptors (Lipinski definition) is 4. The smallest absolute Gasteiger partial charge is 0.167 e. The van der Waals surface area contributed by atoms with Crippen molar-refractivity contribution in [3.8, 4) is 73.2 Å². The van der Waals surface area contributed by atoms with Gasteiger partial charge in [-0.05, 0) is 63.7 Å². The summed E-state index contributed by atoms with van der Waals surface area (Å²) in [6, 6.07) is 76.2. The molecular formula is C57H36N4O. The SMILES string of the molecule is c1ccc(-c2ccc(-c3nc(-c4ccc(-c5ccccc5)cc4)nc(-c4cccc5c4oc4c5ccc5c6ccccc6n(-c6cccc(-c7ccccc7)c6)c54)n3)cc2)cc1. The quantitative estimate of drug-likeness (QED) is 0.161. The van der Waals surface area contributed by atoms with Crippen LogP contribution in [0.15, 0.2) is 223 Å². The van der Waals surface area contributed by atoms with Crippen LogP contribution in [0.4, 0.5) is 0 Å². The molecule has 0 bridgehead atoms. The largest absolute Gasteiger partial charge is 0.453 e. The fourth-order valence-electron chi connectivity index (χ4n) is 8.84. The number of fused-ring (bicyclic) bond motifs is 7. The Morgan fingerprint density at radius 2 is 0.758 bits per heavy atom. The van der Waals surface area contributed by atoms with Crippen LogP contribution in [-0.2, 0) is 0 Å². The molecule has 290 valence electrons. The highest BCUT2D eigenvalue weighted by Crippen LogP contribution is 2.43. The summed E-state index contributed by atoms with van der Waals surface area (Å²) < 4.78 is 9.50. The molecule has 0 atom stereocenters. The first kappa shape index (κ1) is 35.5. The van der Waals surface area contributed by atoms with Crippen molar-refractivity contribution >= 4 is 43.7 Å². The Hall–Kier alpha value is -8.41. The van der Waals surface area contributed by atoms with Gasteiger partial charge in [0.25, 0.3) is 0 Å². The molecule has 5 nitrogen and oxygen atoms in total. The fourth-order valence-corrected chi connectivity index (χ4v) is 8.84. The van der Waals surface area contributed by atoms with Gasteiger partial charge in [0, 0.05) is 38.4 Å². The number of hydrogen-bond donors (Lipinski definition) is 0. The van der Waals surface area contributed by atoms with Crippen LogP contribution in [0.3, 0.4) is 0 Å². The molecule has 0 saturated heterocycles. The van der Waals surface area contributed by atoms with Gasteiger partial charge < -0.3 is 8.98 Å². The second-order valence-corrected chi connectivity index (χ2v) is 15.6. The molecule has 0 radical (unpaired) electrons. The van der Waals surface area contributed by atoms with Crippen molar-refractivity contribution in [1.29, 1.82) is 0 Å². The molecule has 0 amide bonds. The van der Waals surface area contributed by atoms with Crippen LogP contribution in [0.5, 0.6) is 0 Å². The van der Waals surface area contributed by atoms with E-state index in [-0.39, 0.29) is 0 Å². The first-order valence-electron chi connectivity index (χ1n) is 20.8. The van der Waals surface area contributed by atoms with Gasteiger partial charge in [-0.1, -0.05) is 188 Å². The van der Waals surface area contributed by atoms with E-state index in [1.807, 2.05) is 12.1 Å². The van der Waals surface area contributed by atoms with Crippen LogP contribution in [0.25, 0.3) is 117 Å². The van der Waals surface area contributed by atoms with Crippen LogP contribution in [-0.4, -0.2) is 19.5 Å². The van der Waals surface area contributed by atoms with Gasteiger partial charge in [0.05, 0.1) is 16.6 Å². The van der Waals surface area contributed by atoms with E-state index in [4.69, 9.17) is 19.4 Å². The van der Waals surface area contributed by atoms with E-state index in [0.29, 0.717) is 17.5 Å². The summed E-state index contributed by atoms with van der Waals surface area (Å²) in [7, 11) is 0. The van der Waals surface area contributed by atoms with Gasteiger partial charge in [-0.25, -0.2) is 15.0 Å². The average Bonchev–Trinajstić information content (AvgIpc) is 3.91. The Balaban J connectivity index is 1.05. The molecule has 0 unspecified atom stereocenters. The van der Waals surface area contributed by atoms with Crippen molar-refractivity contribution in [2.45, 2.75) is 0 Å². The molecule has 0 fully saturated rings. The highest BCUT2D eigenvalue weighted by atomic mass is 16.3. The predicted molar refractivity (Wildman–Crippen MR) is 254 cm³/mol. The van der Waals surface area contributed by atoms with Crippen LogP contribution in [0.1, 0.15) is 0 Å². The van der Waals surface area contributed by atoms with Gasteiger partial charge >= 0.3 is 0 Å². The minimum Gasteiger partial charge on any atom is -0.453 e. The van der Waals surface area contributed by atoms with Gasteiger partial charge in [0.2, 0.25) is 0 Å². The van der Waals surface area contributed by atoms with Crippen molar-refractivity contribution < 1.29 is 4.42 Å². The van der Waals surface area contributed by atoms with Crippen LogP contribution in [0, 0.1) is 0 Å². The minimum atomic E-state index is 0.543. The summed E-state index contributed by atoms with van der Waals surface area (Å²) in [4.78, 5) is 15.5. The molecule has 0 aliphatic heterocycles. The molecule has 12 aromatic rings. The number of para-hydroxylation sites is 2. The first-order chi connectivity index (χ1) is 30.7. The minimum absolute atomic E-state index is 0.543. The fraction of sp³-hybridized carbons (Fsp3) is 0. The van der Waals surface area contributed by atoms with Gasteiger partial charge in [0.1, 0.15) is 5.58 Å². The summed E-state index contributed by atoms with van der Waals surface area (Å²) in [5, 5.41) is 4.32. The number of benzene rings is 9. The number of aromatic nitrogens is 4. The maximum absolute atomic E-state index is 7.16. The lowest BCUT2D eigenvalue weighted by Gasteiger charge is -2.10. The Labute approximate surface area is 357 Å². The normalized spacial score (nSPS) is 11.5. The number of nitrogens with zero attached hydrogens (tertiary/aromatic N) is 4. The van der Waals surface area contributed by atoms with Gasteiger partial charge in [0.15, 0.2) is 23.1 Å². The van der Waals surface area contributed by atoms with E-state index in [1.54, 1.807) is 0 Å². The van der Waals surface area contributed by atoms with Gasteiger partial charge in [-0.3, -0.25) is 0 Å². The Bertz CT molecular complexity index is 3490. The Morgan fingerprint density at radius 3 is 1.39 bits per heavy atom. The van der Waals surface area contributed by atoms with E-state index in [1.165, 1.54) is 10.9 Å². The van der Waals surface area contributed by atoms with E-state index < -0.39 is 0 Å². The van der Waals surface area contributed by atoms with Crippen LogP contribution < -0.4 is 0 Å². The number of furan rings is 1. The molecule has 0 aliphatic rings. The highest BCUT2D eigenvalue weighted by molar-refractivity contribution is 6.22. The Kier molecular flexibility index (Phi) is 8.42. The van der Waals surface area contributed by atoms with Crippen LogP contribution in [0.2, 0.25) is 0 Å². The molecule has 9 aromatic carbocycles. The van der Waals surface area contributed by atoms with Crippen LogP contribution >= 0.6 is 0 Å². The zero-order valence-electron chi connectivity index (χ0n) is 33.5. The molecule has 62 heavy (non-hydrogen) atoms. The molecule has 0 N–H and O–H groups in total. The lowest BCUT2D eigenvalue weighted by atomic mass is 10.0. The Morgan fingerprint density at radius 1 is 0.306 bits per heavy atom. The van der Waals surface area contributed by atoms with Crippen molar-refractivity contribution in [1.82, 2.24) is 19.5 Å². The monoisotopic (exact) mass is 792 g/mol. The third-order valence-electron chi connectivity index (χ3n) is 11.9. The summed E-state index contributed by atoms with van der Waals surface area (Å²) in [6.45, 7) is 0. The summed E-state index contributed by atoms with van der Waals surface area (Å²) in [5.74, 6) is 1.72. The molecule has 5 heteroatoms. The first-order valence-corrected chi connectivity index (χ1v) is 20.8. The van der Waals surface area contributed by atoms with Crippen molar-refractivity contribution in [3.63, 3.8) is 0 Å². The average molecular weight is 793 g/mol. The second kappa shape index (κ2) is 14.7. The predicted octanol–water partition coefficient (Wildman–Crippen LogP) is 14.9. The van der Waals surface area contributed by atoms with Gasteiger partial charge in [-0.2, -0.15) is 0 Å². The third kappa shape index (κ3) is 6.06. The number of rotatable bonds is 7. The molecule has 3 aromatic heterocycles.